The summed E-state index contributed by atoms with van der Waals surface area (Å²) < 4.78 is 0. The topological polar surface area (TPSA) is 37.8 Å². The molecule has 0 radical (unpaired) electrons. The fourth-order valence-corrected chi connectivity index (χ4v) is 1.46. The third-order valence-electron chi connectivity index (χ3n) is 2.65. The lowest BCUT2D eigenvalue weighted by molar-refractivity contribution is 0.415. The average Bonchev–Trinajstić information content (AvgIpc) is 2.26. The summed E-state index contributed by atoms with van der Waals surface area (Å²) in [5, 5.41) is 3.29. The molecule has 0 aliphatic heterocycles. The molecule has 78 valence electrons. The second-order valence-corrected chi connectivity index (χ2v) is 3.72. The first-order chi connectivity index (χ1) is 6.77. The van der Waals surface area contributed by atoms with E-state index in [1.807, 2.05) is 13.1 Å². The van der Waals surface area contributed by atoms with Crippen LogP contribution in [0.4, 0.5) is 0 Å². The van der Waals surface area contributed by atoms with Crippen molar-refractivity contribution in [2.45, 2.75) is 32.7 Å². The van der Waals surface area contributed by atoms with Crippen LogP contribution in [0.3, 0.4) is 0 Å². The van der Waals surface area contributed by atoms with Gasteiger partial charge in [0.25, 0.3) is 0 Å². The second-order valence-electron chi connectivity index (χ2n) is 3.72. The zero-order chi connectivity index (χ0) is 10.4. The van der Waals surface area contributed by atoms with Crippen LogP contribution in [0.2, 0.25) is 0 Å². The van der Waals surface area contributed by atoms with Crippen LogP contribution < -0.4 is 5.32 Å². The Morgan fingerprint density at radius 3 is 2.79 bits per heavy atom. The van der Waals surface area contributed by atoms with Crippen molar-refractivity contribution >= 4 is 0 Å². The van der Waals surface area contributed by atoms with Crippen molar-refractivity contribution in [1.29, 1.82) is 0 Å². The minimum atomic E-state index is 0.355. The molecule has 0 saturated heterocycles. The monoisotopic (exact) mass is 193 g/mol. The van der Waals surface area contributed by atoms with Gasteiger partial charge in [-0.05, 0) is 25.5 Å². The third-order valence-corrected chi connectivity index (χ3v) is 2.65. The van der Waals surface area contributed by atoms with Crippen LogP contribution in [-0.4, -0.2) is 17.0 Å². The van der Waals surface area contributed by atoms with E-state index in [0.717, 1.165) is 18.0 Å². The Morgan fingerprint density at radius 1 is 1.50 bits per heavy atom. The first-order valence-corrected chi connectivity index (χ1v) is 5.21. The van der Waals surface area contributed by atoms with Crippen molar-refractivity contribution in [3.05, 3.63) is 24.3 Å². The Balaban J connectivity index is 2.63. The number of hydrogen-bond acceptors (Lipinski definition) is 3. The molecule has 1 rings (SSSR count). The lowest BCUT2D eigenvalue weighted by Gasteiger charge is -2.18. The first kappa shape index (κ1) is 11.1. The summed E-state index contributed by atoms with van der Waals surface area (Å²) in [6, 6.07) is 2.33. The smallest absolute Gasteiger partial charge is 0.115 e. The fraction of sp³-hybridized carbons (Fsp3) is 0.636. The van der Waals surface area contributed by atoms with Crippen LogP contribution in [0.25, 0.3) is 0 Å². The van der Waals surface area contributed by atoms with E-state index < -0.39 is 0 Å². The summed E-state index contributed by atoms with van der Waals surface area (Å²) in [4.78, 5) is 8.19. The quantitative estimate of drug-likeness (QED) is 0.778. The molecule has 2 atom stereocenters. The van der Waals surface area contributed by atoms with Gasteiger partial charge in [0, 0.05) is 12.2 Å². The zero-order valence-corrected chi connectivity index (χ0v) is 9.20. The van der Waals surface area contributed by atoms with Crippen LogP contribution in [0.15, 0.2) is 18.6 Å². The van der Waals surface area contributed by atoms with Crippen LogP contribution in [0.1, 0.15) is 38.4 Å². The molecule has 1 aromatic rings. The van der Waals surface area contributed by atoms with Gasteiger partial charge in [-0.25, -0.2) is 9.97 Å². The highest BCUT2D eigenvalue weighted by molar-refractivity contribution is 5.04. The summed E-state index contributed by atoms with van der Waals surface area (Å²) in [5.74, 6) is 0.724. The maximum absolute atomic E-state index is 4.26. The van der Waals surface area contributed by atoms with E-state index >= 15 is 0 Å². The molecule has 3 nitrogen and oxygen atoms in total. The fourth-order valence-electron chi connectivity index (χ4n) is 1.46. The van der Waals surface area contributed by atoms with Gasteiger partial charge >= 0.3 is 0 Å². The highest BCUT2D eigenvalue weighted by atomic mass is 14.9. The van der Waals surface area contributed by atoms with E-state index in [2.05, 4.69) is 29.1 Å². The standard InChI is InChI=1S/C11H19N3/c1-4-9(2)7-11(12-3)10-5-6-13-8-14-10/h5-6,8-9,11-12H,4,7H2,1-3H3. The summed E-state index contributed by atoms with van der Waals surface area (Å²) in [6.07, 6.45) is 5.74. The van der Waals surface area contributed by atoms with E-state index in [0.29, 0.717) is 6.04 Å². The van der Waals surface area contributed by atoms with Gasteiger partial charge in [0.05, 0.1) is 5.69 Å². The Labute approximate surface area is 86.0 Å². The molecule has 0 bridgehead atoms. The number of rotatable bonds is 5. The molecule has 0 saturated carbocycles. The lowest BCUT2D eigenvalue weighted by Crippen LogP contribution is -2.20. The predicted molar refractivity (Wildman–Crippen MR) is 57.9 cm³/mol. The number of aromatic nitrogens is 2. The van der Waals surface area contributed by atoms with Crippen molar-refractivity contribution in [2.24, 2.45) is 5.92 Å². The molecule has 0 spiro atoms. The first-order valence-electron chi connectivity index (χ1n) is 5.21. The highest BCUT2D eigenvalue weighted by Crippen LogP contribution is 2.20. The molecule has 2 unspecified atom stereocenters. The van der Waals surface area contributed by atoms with Gasteiger partial charge in [-0.3, -0.25) is 0 Å². The van der Waals surface area contributed by atoms with E-state index in [4.69, 9.17) is 0 Å². The van der Waals surface area contributed by atoms with Gasteiger partial charge in [-0.15, -0.1) is 0 Å². The van der Waals surface area contributed by atoms with Crippen LogP contribution in [0, 0.1) is 5.92 Å². The summed E-state index contributed by atoms with van der Waals surface area (Å²) in [5.41, 5.74) is 1.09. The summed E-state index contributed by atoms with van der Waals surface area (Å²) in [6.45, 7) is 4.49. The Hall–Kier alpha value is -0.960. The molecule has 3 heteroatoms. The average molecular weight is 193 g/mol. The van der Waals surface area contributed by atoms with Crippen molar-refractivity contribution in [1.82, 2.24) is 15.3 Å². The van der Waals surface area contributed by atoms with Gasteiger partial charge in [0.2, 0.25) is 0 Å². The Kier molecular flexibility index (Phi) is 4.53. The van der Waals surface area contributed by atoms with Crippen molar-refractivity contribution < 1.29 is 0 Å². The van der Waals surface area contributed by atoms with Crippen molar-refractivity contribution in [3.8, 4) is 0 Å². The summed E-state index contributed by atoms with van der Waals surface area (Å²) in [7, 11) is 1.98. The number of nitrogens with zero attached hydrogens (tertiary/aromatic N) is 2. The summed E-state index contributed by atoms with van der Waals surface area (Å²) >= 11 is 0. The van der Waals surface area contributed by atoms with Crippen LogP contribution in [-0.2, 0) is 0 Å². The molecule has 1 N–H and O–H groups in total. The van der Waals surface area contributed by atoms with Gasteiger partial charge in [0.15, 0.2) is 0 Å². The lowest BCUT2D eigenvalue weighted by atomic mass is 9.97. The number of nitrogens with one attached hydrogen (secondary N) is 1. The maximum atomic E-state index is 4.26. The molecule has 0 aliphatic carbocycles. The van der Waals surface area contributed by atoms with Gasteiger partial charge < -0.3 is 5.32 Å². The van der Waals surface area contributed by atoms with Crippen LogP contribution >= 0.6 is 0 Å². The normalized spacial score (nSPS) is 15.1. The molecular weight excluding hydrogens is 174 g/mol. The van der Waals surface area contributed by atoms with Gasteiger partial charge in [-0.2, -0.15) is 0 Å². The van der Waals surface area contributed by atoms with E-state index in [1.165, 1.54) is 6.42 Å². The third kappa shape index (κ3) is 3.07. The predicted octanol–water partition coefficient (Wildman–Crippen LogP) is 2.17. The Bertz CT molecular complexity index is 248. The molecule has 0 aliphatic rings. The van der Waals surface area contributed by atoms with E-state index in [9.17, 15) is 0 Å². The number of hydrogen-bond donors (Lipinski definition) is 1. The minimum Gasteiger partial charge on any atom is -0.312 e. The van der Waals surface area contributed by atoms with E-state index in [-0.39, 0.29) is 0 Å². The minimum absolute atomic E-state index is 0.355. The molecule has 0 amide bonds. The SMILES string of the molecule is CCC(C)CC(NC)c1ccncn1. The molecule has 0 aromatic carbocycles. The van der Waals surface area contributed by atoms with Crippen LogP contribution in [0.5, 0.6) is 0 Å². The van der Waals surface area contributed by atoms with Crippen molar-refractivity contribution in [3.63, 3.8) is 0 Å². The molecule has 1 heterocycles. The zero-order valence-electron chi connectivity index (χ0n) is 9.20. The van der Waals surface area contributed by atoms with Gasteiger partial charge in [0.1, 0.15) is 6.33 Å². The molecule has 0 fully saturated rings. The molecule has 1 aromatic heterocycles. The maximum Gasteiger partial charge on any atom is 0.115 e. The van der Waals surface area contributed by atoms with E-state index in [1.54, 1.807) is 12.5 Å². The Morgan fingerprint density at radius 2 is 2.29 bits per heavy atom. The molecule has 14 heavy (non-hydrogen) atoms. The highest BCUT2D eigenvalue weighted by Gasteiger charge is 2.13. The second kappa shape index (κ2) is 5.70. The molecular formula is C11H19N3. The van der Waals surface area contributed by atoms with Gasteiger partial charge in [-0.1, -0.05) is 20.3 Å². The van der Waals surface area contributed by atoms with Crippen molar-refractivity contribution in [2.75, 3.05) is 7.05 Å². The largest absolute Gasteiger partial charge is 0.312 e.